The van der Waals surface area contributed by atoms with Gasteiger partial charge in [0.25, 0.3) is 0 Å². The minimum atomic E-state index is 0.395. The second-order valence-corrected chi connectivity index (χ2v) is 4.68. The smallest absolute Gasteiger partial charge is 0.374 e. The number of nitriles is 1. The largest absolute Gasteiger partial charge is 0.566 e. The Kier molecular flexibility index (Phi) is 4.00. The predicted octanol–water partition coefficient (Wildman–Crippen LogP) is 3.13. The summed E-state index contributed by atoms with van der Waals surface area (Å²) in [4.78, 5) is 0. The maximum absolute atomic E-state index is 9.48. The summed E-state index contributed by atoms with van der Waals surface area (Å²) < 4.78 is 7.03. The molecule has 2 rings (SSSR count). The molecule has 0 amide bonds. The van der Waals surface area contributed by atoms with Crippen molar-refractivity contribution in [2.75, 3.05) is 0 Å². The Morgan fingerprint density at radius 3 is 2.35 bits per heavy atom. The van der Waals surface area contributed by atoms with E-state index < -0.39 is 0 Å². The van der Waals surface area contributed by atoms with Crippen LogP contribution in [-0.4, -0.2) is 12.6 Å². The first-order chi connectivity index (χ1) is 9.60. The number of benzene rings is 1. The third-order valence-electron chi connectivity index (χ3n) is 3.40. The number of allylic oxidation sites excluding steroid dienone is 1. The molecule has 0 fully saturated rings. The molecule has 3 nitrogen and oxygen atoms in total. The fourth-order valence-electron chi connectivity index (χ4n) is 2.34. The molecule has 2 aromatic rings. The van der Waals surface area contributed by atoms with Crippen molar-refractivity contribution in [2.24, 2.45) is 7.05 Å². The van der Waals surface area contributed by atoms with Crippen molar-refractivity contribution >= 4 is 19.4 Å². The number of aromatic nitrogens is 1. The lowest BCUT2D eigenvalue weighted by Crippen LogP contribution is -2.03. The Morgan fingerprint density at radius 1 is 1.25 bits per heavy atom. The molecule has 1 aromatic carbocycles. The molecule has 1 aromatic heterocycles. The lowest BCUT2D eigenvalue weighted by Gasteiger charge is -2.13. The molecular weight excluding hydrogens is 247 g/mol. The van der Waals surface area contributed by atoms with Crippen LogP contribution in [-0.2, 0) is 11.7 Å². The van der Waals surface area contributed by atoms with Crippen molar-refractivity contribution in [2.45, 2.75) is 13.8 Å². The van der Waals surface area contributed by atoms with Gasteiger partial charge in [0, 0.05) is 12.7 Å². The number of nitrogens with zero attached hydrogens (tertiary/aromatic N) is 2. The van der Waals surface area contributed by atoms with Gasteiger partial charge in [0.05, 0.1) is 5.69 Å². The second kappa shape index (κ2) is 5.71. The molecule has 0 saturated heterocycles. The van der Waals surface area contributed by atoms with Crippen molar-refractivity contribution in [1.82, 2.24) is 4.57 Å². The molecule has 0 spiro atoms. The molecule has 0 unspecified atom stereocenters. The standard InChI is InChI=1S/C16H15BN2O/c1-11-9-12(2)19(3)15(11)16(20-17)14(10-18)13-7-5-4-6-8-13/h4-9H,1-3H3/b16-14-. The Bertz CT molecular complexity index is 693. The Labute approximate surface area is 120 Å². The summed E-state index contributed by atoms with van der Waals surface area (Å²) in [7, 11) is 7.37. The molecule has 20 heavy (non-hydrogen) atoms. The minimum absolute atomic E-state index is 0.395. The van der Waals surface area contributed by atoms with Gasteiger partial charge in [-0.05, 0) is 31.0 Å². The summed E-state index contributed by atoms with van der Waals surface area (Å²) in [6, 6.07) is 13.6. The van der Waals surface area contributed by atoms with E-state index in [0.29, 0.717) is 11.3 Å². The van der Waals surface area contributed by atoms with Gasteiger partial charge in [0.1, 0.15) is 17.4 Å². The van der Waals surface area contributed by atoms with Crippen LogP contribution in [0.5, 0.6) is 0 Å². The van der Waals surface area contributed by atoms with E-state index in [-0.39, 0.29) is 0 Å². The third-order valence-corrected chi connectivity index (χ3v) is 3.40. The highest BCUT2D eigenvalue weighted by molar-refractivity contribution is 6.06. The van der Waals surface area contributed by atoms with Crippen molar-refractivity contribution in [3.63, 3.8) is 0 Å². The normalized spacial score (nSPS) is 11.7. The SMILES string of the molecule is [B]O/C(=C(/C#N)c1ccccc1)c1c(C)cc(C)n1C. The lowest BCUT2D eigenvalue weighted by molar-refractivity contribution is 0.564. The van der Waals surface area contributed by atoms with E-state index in [4.69, 9.17) is 12.7 Å². The van der Waals surface area contributed by atoms with E-state index in [9.17, 15) is 5.26 Å². The first kappa shape index (κ1) is 14.0. The van der Waals surface area contributed by atoms with E-state index in [0.717, 1.165) is 22.5 Å². The highest BCUT2D eigenvalue weighted by atomic mass is 16.4. The van der Waals surface area contributed by atoms with E-state index in [1.165, 1.54) is 0 Å². The Hall–Kier alpha value is -2.41. The maximum Gasteiger partial charge on any atom is 0.374 e. The van der Waals surface area contributed by atoms with Gasteiger partial charge in [0.2, 0.25) is 0 Å². The van der Waals surface area contributed by atoms with Crippen molar-refractivity contribution < 1.29 is 4.65 Å². The molecule has 0 aliphatic heterocycles. The average molecular weight is 262 g/mol. The van der Waals surface area contributed by atoms with Gasteiger partial charge in [-0.2, -0.15) is 5.26 Å². The van der Waals surface area contributed by atoms with Gasteiger partial charge in [-0.3, -0.25) is 0 Å². The van der Waals surface area contributed by atoms with E-state index in [1.807, 2.05) is 61.9 Å². The Morgan fingerprint density at radius 2 is 1.90 bits per heavy atom. The summed E-state index contributed by atoms with van der Waals surface area (Å²) in [5.41, 5.74) is 4.14. The number of aryl methyl sites for hydroxylation is 2. The third kappa shape index (κ3) is 2.35. The number of rotatable bonds is 3. The second-order valence-electron chi connectivity index (χ2n) is 4.68. The zero-order valence-electron chi connectivity index (χ0n) is 11.8. The molecule has 4 heteroatoms. The topological polar surface area (TPSA) is 37.9 Å². The minimum Gasteiger partial charge on any atom is -0.566 e. The van der Waals surface area contributed by atoms with E-state index >= 15 is 0 Å². The zero-order valence-corrected chi connectivity index (χ0v) is 11.8. The van der Waals surface area contributed by atoms with Crippen molar-refractivity contribution in [1.29, 1.82) is 5.26 Å². The average Bonchev–Trinajstić information content (AvgIpc) is 2.71. The fourth-order valence-corrected chi connectivity index (χ4v) is 2.34. The van der Waals surface area contributed by atoms with Crippen LogP contribution in [0.3, 0.4) is 0 Å². The number of hydrogen-bond acceptors (Lipinski definition) is 2. The van der Waals surface area contributed by atoms with Gasteiger partial charge in [-0.25, -0.2) is 0 Å². The van der Waals surface area contributed by atoms with Gasteiger partial charge >= 0.3 is 8.05 Å². The predicted molar refractivity (Wildman–Crippen MR) is 80.6 cm³/mol. The molecule has 98 valence electrons. The zero-order chi connectivity index (χ0) is 14.7. The van der Waals surface area contributed by atoms with Crippen LogP contribution in [0, 0.1) is 25.2 Å². The van der Waals surface area contributed by atoms with Crippen LogP contribution in [0.2, 0.25) is 0 Å². The molecule has 0 aliphatic rings. The van der Waals surface area contributed by atoms with Gasteiger partial charge in [-0.15, -0.1) is 0 Å². The van der Waals surface area contributed by atoms with Crippen LogP contribution in [0.4, 0.5) is 0 Å². The van der Waals surface area contributed by atoms with E-state index in [2.05, 4.69) is 6.07 Å². The Balaban J connectivity index is 2.72. The molecular formula is C16H15BN2O. The summed E-state index contributed by atoms with van der Waals surface area (Å²) in [5, 5.41) is 9.48. The van der Waals surface area contributed by atoms with Crippen LogP contribution < -0.4 is 0 Å². The fraction of sp³-hybridized carbons (Fsp3) is 0.188. The van der Waals surface area contributed by atoms with Gasteiger partial charge in [-0.1, -0.05) is 30.3 Å². The van der Waals surface area contributed by atoms with Crippen molar-refractivity contribution in [3.8, 4) is 6.07 Å². The highest BCUT2D eigenvalue weighted by Crippen LogP contribution is 2.29. The van der Waals surface area contributed by atoms with Crippen LogP contribution in [0.1, 0.15) is 22.5 Å². The summed E-state index contributed by atoms with van der Waals surface area (Å²) >= 11 is 0. The van der Waals surface area contributed by atoms with E-state index in [1.54, 1.807) is 0 Å². The molecule has 0 atom stereocenters. The quantitative estimate of drug-likeness (QED) is 0.484. The van der Waals surface area contributed by atoms with Crippen LogP contribution in [0.15, 0.2) is 36.4 Å². The van der Waals surface area contributed by atoms with Crippen molar-refractivity contribution in [3.05, 3.63) is 58.9 Å². The molecule has 2 radical (unpaired) electrons. The van der Waals surface area contributed by atoms with Gasteiger partial charge in [0.15, 0.2) is 0 Å². The number of hydrogen-bond donors (Lipinski definition) is 0. The summed E-state index contributed by atoms with van der Waals surface area (Å²) in [5.74, 6) is 0.395. The lowest BCUT2D eigenvalue weighted by atomic mass is 10.0. The first-order valence-electron chi connectivity index (χ1n) is 6.30. The summed E-state index contributed by atoms with van der Waals surface area (Å²) in [6.45, 7) is 3.97. The molecule has 0 aliphatic carbocycles. The molecule has 0 N–H and O–H groups in total. The monoisotopic (exact) mass is 262 g/mol. The molecule has 0 bridgehead atoms. The first-order valence-corrected chi connectivity index (χ1v) is 6.30. The highest BCUT2D eigenvalue weighted by Gasteiger charge is 2.17. The molecule has 0 saturated carbocycles. The van der Waals surface area contributed by atoms with Crippen LogP contribution in [0.25, 0.3) is 11.3 Å². The van der Waals surface area contributed by atoms with Gasteiger partial charge < -0.3 is 9.22 Å². The maximum atomic E-state index is 9.48. The summed E-state index contributed by atoms with van der Waals surface area (Å²) in [6.07, 6.45) is 0. The van der Waals surface area contributed by atoms with Crippen LogP contribution >= 0.6 is 0 Å². The molecule has 1 heterocycles.